The summed E-state index contributed by atoms with van der Waals surface area (Å²) < 4.78 is 13.6. The molecule has 0 bridgehead atoms. The van der Waals surface area contributed by atoms with Gasteiger partial charge in [-0.1, -0.05) is 18.2 Å². The Morgan fingerprint density at radius 3 is 2.32 bits per heavy atom. The van der Waals surface area contributed by atoms with Crippen LogP contribution in [-0.2, 0) is 11.2 Å². The lowest BCUT2D eigenvalue weighted by Crippen LogP contribution is -2.20. The van der Waals surface area contributed by atoms with E-state index in [1.807, 2.05) is 14.1 Å². The maximum atomic E-state index is 13.6. The van der Waals surface area contributed by atoms with Crippen LogP contribution >= 0.6 is 0 Å². The summed E-state index contributed by atoms with van der Waals surface area (Å²) in [5.74, 6) is -0.0927. The predicted molar refractivity (Wildman–Crippen MR) is 84.6 cm³/mol. The van der Waals surface area contributed by atoms with Crippen molar-refractivity contribution in [2.75, 3.05) is 24.3 Å². The molecule has 0 spiro atoms. The quantitative estimate of drug-likeness (QED) is 0.942. The van der Waals surface area contributed by atoms with Gasteiger partial charge in [0.1, 0.15) is 5.82 Å². The summed E-state index contributed by atoms with van der Waals surface area (Å²) in [7, 11) is 3.70. The minimum Gasteiger partial charge on any atom is -0.347 e. The number of hydrogen-bond donors (Lipinski definition) is 1. The number of carbonyl (C=O) groups excluding carboxylic acids is 1. The van der Waals surface area contributed by atoms with Crippen molar-refractivity contribution >= 4 is 17.5 Å². The first-order chi connectivity index (χ1) is 10.4. The molecule has 0 atom stereocenters. The molecule has 1 aromatic carbocycles. The summed E-state index contributed by atoms with van der Waals surface area (Å²) in [4.78, 5) is 22.6. The van der Waals surface area contributed by atoms with E-state index in [9.17, 15) is 9.18 Å². The van der Waals surface area contributed by atoms with E-state index in [0.29, 0.717) is 28.6 Å². The van der Waals surface area contributed by atoms with Crippen molar-refractivity contribution in [3.05, 3.63) is 47.0 Å². The summed E-state index contributed by atoms with van der Waals surface area (Å²) in [5.41, 5.74) is 2.30. The highest BCUT2D eigenvalue weighted by Crippen LogP contribution is 2.20. The van der Waals surface area contributed by atoms with Crippen LogP contribution in [-0.4, -0.2) is 30.0 Å². The highest BCUT2D eigenvalue weighted by molar-refractivity contribution is 5.93. The van der Waals surface area contributed by atoms with Crippen molar-refractivity contribution in [3.8, 4) is 0 Å². The number of halogens is 1. The molecule has 1 N–H and O–H groups in total. The Labute approximate surface area is 129 Å². The molecule has 2 rings (SSSR count). The topological polar surface area (TPSA) is 58.1 Å². The van der Waals surface area contributed by atoms with Crippen LogP contribution in [0.2, 0.25) is 0 Å². The number of anilines is 2. The monoisotopic (exact) mass is 302 g/mol. The van der Waals surface area contributed by atoms with Crippen molar-refractivity contribution in [2.24, 2.45) is 0 Å². The molecule has 0 aliphatic rings. The van der Waals surface area contributed by atoms with Crippen molar-refractivity contribution in [1.29, 1.82) is 0 Å². The van der Waals surface area contributed by atoms with Gasteiger partial charge in [-0.15, -0.1) is 0 Å². The smallest absolute Gasteiger partial charge is 0.229 e. The lowest BCUT2D eigenvalue weighted by molar-refractivity contribution is -0.115. The molecule has 2 aromatic rings. The largest absolute Gasteiger partial charge is 0.347 e. The van der Waals surface area contributed by atoms with Gasteiger partial charge in [-0.3, -0.25) is 4.79 Å². The Balaban J connectivity index is 2.17. The molecule has 0 unspecified atom stereocenters. The molecule has 0 fully saturated rings. The summed E-state index contributed by atoms with van der Waals surface area (Å²) in [6, 6.07) is 6.24. The van der Waals surface area contributed by atoms with E-state index < -0.39 is 0 Å². The molecule has 0 saturated carbocycles. The summed E-state index contributed by atoms with van der Waals surface area (Å²) >= 11 is 0. The number of nitrogens with one attached hydrogen (secondary N) is 1. The first-order valence-electron chi connectivity index (χ1n) is 6.94. The van der Waals surface area contributed by atoms with Crippen LogP contribution < -0.4 is 10.2 Å². The third kappa shape index (κ3) is 3.58. The van der Waals surface area contributed by atoms with E-state index in [4.69, 9.17) is 0 Å². The Morgan fingerprint density at radius 2 is 1.77 bits per heavy atom. The van der Waals surface area contributed by atoms with Gasteiger partial charge in [0.15, 0.2) is 0 Å². The summed E-state index contributed by atoms with van der Waals surface area (Å²) in [6.07, 6.45) is -0.0268. The Hall–Kier alpha value is -2.50. The zero-order chi connectivity index (χ0) is 16.3. The number of aromatic nitrogens is 2. The van der Waals surface area contributed by atoms with Gasteiger partial charge in [-0.2, -0.15) is 0 Å². The molecule has 6 heteroatoms. The van der Waals surface area contributed by atoms with Crippen LogP contribution in [0.15, 0.2) is 24.3 Å². The molecule has 0 radical (unpaired) electrons. The molecular formula is C16H19FN4O. The molecule has 0 aliphatic heterocycles. The number of hydrogen-bond acceptors (Lipinski definition) is 4. The second kappa shape index (κ2) is 6.51. The second-order valence-electron chi connectivity index (χ2n) is 5.28. The molecule has 5 nitrogen and oxygen atoms in total. The Morgan fingerprint density at radius 1 is 1.18 bits per heavy atom. The van der Waals surface area contributed by atoms with Crippen LogP contribution in [0, 0.1) is 19.7 Å². The molecule has 1 aromatic heterocycles. The fourth-order valence-electron chi connectivity index (χ4n) is 2.08. The molecule has 1 amide bonds. The molecule has 116 valence electrons. The van der Waals surface area contributed by atoms with Crippen molar-refractivity contribution in [3.63, 3.8) is 0 Å². The summed E-state index contributed by atoms with van der Waals surface area (Å²) in [6.45, 7) is 3.61. The van der Waals surface area contributed by atoms with Gasteiger partial charge in [0.2, 0.25) is 11.9 Å². The van der Waals surface area contributed by atoms with Crippen LogP contribution in [0.3, 0.4) is 0 Å². The molecule has 22 heavy (non-hydrogen) atoms. The average Bonchev–Trinajstić information content (AvgIpc) is 2.45. The number of aryl methyl sites for hydroxylation is 2. The lowest BCUT2D eigenvalue weighted by atomic mass is 10.1. The van der Waals surface area contributed by atoms with Crippen LogP contribution in [0.25, 0.3) is 0 Å². The van der Waals surface area contributed by atoms with E-state index in [1.165, 1.54) is 6.07 Å². The minimum absolute atomic E-state index is 0.0268. The third-order valence-corrected chi connectivity index (χ3v) is 3.23. The van der Waals surface area contributed by atoms with Gasteiger partial charge in [0.25, 0.3) is 0 Å². The predicted octanol–water partition coefficient (Wildman–Crippen LogP) is 2.48. The molecular weight excluding hydrogens is 283 g/mol. The maximum Gasteiger partial charge on any atom is 0.229 e. The average molecular weight is 302 g/mol. The number of benzene rings is 1. The molecule has 1 heterocycles. The van der Waals surface area contributed by atoms with Crippen LogP contribution in [0.1, 0.15) is 17.0 Å². The normalized spacial score (nSPS) is 10.4. The highest BCUT2D eigenvalue weighted by Gasteiger charge is 2.14. The number of carbonyl (C=O) groups is 1. The minimum atomic E-state index is -0.384. The highest BCUT2D eigenvalue weighted by atomic mass is 19.1. The van der Waals surface area contributed by atoms with E-state index in [2.05, 4.69) is 15.3 Å². The first kappa shape index (κ1) is 15.9. The van der Waals surface area contributed by atoms with Crippen LogP contribution in [0.4, 0.5) is 16.0 Å². The van der Waals surface area contributed by atoms with Gasteiger partial charge in [-0.05, 0) is 25.5 Å². The van der Waals surface area contributed by atoms with Gasteiger partial charge >= 0.3 is 0 Å². The number of amides is 1. The van der Waals surface area contributed by atoms with Crippen molar-refractivity contribution in [2.45, 2.75) is 20.3 Å². The lowest BCUT2D eigenvalue weighted by Gasteiger charge is -2.15. The van der Waals surface area contributed by atoms with E-state index in [-0.39, 0.29) is 18.1 Å². The standard InChI is InChI=1S/C16H19FN4O/c1-10-15(11(2)19-16(18-10)21(3)4)20-14(22)9-12-7-5-6-8-13(12)17/h5-8H,9H2,1-4H3,(H,20,22). The zero-order valence-electron chi connectivity index (χ0n) is 13.1. The Bertz CT molecular complexity index is 677. The number of nitrogens with zero attached hydrogens (tertiary/aromatic N) is 3. The zero-order valence-corrected chi connectivity index (χ0v) is 13.1. The fourth-order valence-corrected chi connectivity index (χ4v) is 2.08. The van der Waals surface area contributed by atoms with Crippen molar-refractivity contribution in [1.82, 2.24) is 9.97 Å². The summed E-state index contributed by atoms with van der Waals surface area (Å²) in [5, 5.41) is 2.77. The van der Waals surface area contributed by atoms with E-state index in [1.54, 1.807) is 36.9 Å². The Kier molecular flexibility index (Phi) is 4.70. The third-order valence-electron chi connectivity index (χ3n) is 3.23. The van der Waals surface area contributed by atoms with Crippen molar-refractivity contribution < 1.29 is 9.18 Å². The fraction of sp³-hybridized carbons (Fsp3) is 0.312. The maximum absolute atomic E-state index is 13.6. The SMILES string of the molecule is Cc1nc(N(C)C)nc(C)c1NC(=O)Cc1ccccc1F. The molecule has 0 saturated heterocycles. The number of rotatable bonds is 4. The second-order valence-corrected chi connectivity index (χ2v) is 5.28. The first-order valence-corrected chi connectivity index (χ1v) is 6.94. The molecule has 0 aliphatic carbocycles. The van der Waals surface area contributed by atoms with E-state index >= 15 is 0 Å². The van der Waals surface area contributed by atoms with E-state index in [0.717, 1.165) is 0 Å². The van der Waals surface area contributed by atoms with Gasteiger partial charge in [0.05, 0.1) is 23.5 Å². The van der Waals surface area contributed by atoms with Gasteiger partial charge < -0.3 is 10.2 Å². The van der Waals surface area contributed by atoms with Gasteiger partial charge in [-0.25, -0.2) is 14.4 Å². The van der Waals surface area contributed by atoms with Crippen LogP contribution in [0.5, 0.6) is 0 Å². The van der Waals surface area contributed by atoms with Gasteiger partial charge in [0, 0.05) is 14.1 Å².